The highest BCUT2D eigenvalue weighted by atomic mass is 19.3. The third-order valence-corrected chi connectivity index (χ3v) is 8.05. The summed E-state index contributed by atoms with van der Waals surface area (Å²) in [5.41, 5.74) is 3.31. The monoisotopic (exact) mass is 573 g/mol. The molecule has 42 heavy (non-hydrogen) atoms. The number of aromatic amines is 1. The van der Waals surface area contributed by atoms with Gasteiger partial charge >= 0.3 is 0 Å². The van der Waals surface area contributed by atoms with Gasteiger partial charge in [-0.25, -0.2) is 13.8 Å². The molecule has 2 aliphatic rings. The van der Waals surface area contributed by atoms with E-state index in [4.69, 9.17) is 14.5 Å². The van der Waals surface area contributed by atoms with Crippen LogP contribution in [0.2, 0.25) is 0 Å². The molecule has 2 aromatic carbocycles. The molecule has 0 aliphatic carbocycles. The number of benzene rings is 2. The Labute approximate surface area is 242 Å². The number of nitrogens with zero attached hydrogens (tertiary/aromatic N) is 6. The second kappa shape index (κ2) is 11.1. The Morgan fingerprint density at radius 3 is 2.69 bits per heavy atom. The fourth-order valence-electron chi connectivity index (χ4n) is 5.91. The lowest BCUT2D eigenvalue weighted by molar-refractivity contribution is 0.0137. The number of allylic oxidation sites excluding steroid dienone is 1. The zero-order valence-corrected chi connectivity index (χ0v) is 23.9. The van der Waals surface area contributed by atoms with Gasteiger partial charge in [0.25, 0.3) is 5.92 Å². The predicted octanol–water partition coefficient (Wildman–Crippen LogP) is 5.46. The summed E-state index contributed by atoms with van der Waals surface area (Å²) >= 11 is 0. The highest BCUT2D eigenvalue weighted by molar-refractivity contribution is 5.99. The van der Waals surface area contributed by atoms with Crippen molar-refractivity contribution in [3.05, 3.63) is 59.9 Å². The average molecular weight is 574 g/mol. The van der Waals surface area contributed by atoms with Crippen LogP contribution in [-0.4, -0.2) is 83.3 Å². The first-order chi connectivity index (χ1) is 20.3. The lowest BCUT2D eigenvalue weighted by atomic mass is 10.1. The predicted molar refractivity (Wildman–Crippen MR) is 157 cm³/mol. The molecule has 2 fully saturated rings. The minimum Gasteiger partial charge on any atom is -0.475 e. The van der Waals surface area contributed by atoms with Crippen molar-refractivity contribution >= 4 is 27.5 Å². The third-order valence-electron chi connectivity index (χ3n) is 8.05. The van der Waals surface area contributed by atoms with Crippen molar-refractivity contribution in [1.82, 2.24) is 25.0 Å². The number of para-hydroxylation sites is 1. The Bertz CT molecular complexity index is 1690. The van der Waals surface area contributed by atoms with Gasteiger partial charge < -0.3 is 19.3 Å². The molecule has 1 atom stereocenters. The summed E-state index contributed by atoms with van der Waals surface area (Å²) in [4.78, 5) is 10.8. The standard InChI is InChI=1S/C31H33F2N7O2/c1-4-10-39-11-13-40(14-12-39)28-22-6-5-7-26(42-29-20(2)8-9-25-24(29)17-35-37-25)27(22)36-30(23(28)16-34)41-18-21-15-31(32,33)19-38(21)3/h4-10,17,21H,11-15,18-19H2,1-3H3,(H,35,37)/t21-/m0/s1. The molecule has 2 aromatic heterocycles. The number of likely N-dealkylation sites (N-methyl/N-ethyl adjacent to an activating group) is 1. The van der Waals surface area contributed by atoms with Crippen LogP contribution in [0.1, 0.15) is 24.5 Å². The van der Waals surface area contributed by atoms with Gasteiger partial charge in [0, 0.05) is 44.0 Å². The minimum atomic E-state index is -2.78. The lowest BCUT2D eigenvalue weighted by Crippen LogP contribution is -2.44. The van der Waals surface area contributed by atoms with E-state index in [2.05, 4.69) is 32.3 Å². The van der Waals surface area contributed by atoms with E-state index in [1.807, 2.05) is 50.3 Å². The molecular formula is C31H33F2N7O2. The van der Waals surface area contributed by atoms with Crippen LogP contribution in [0.5, 0.6) is 17.4 Å². The number of fused-ring (bicyclic) bond motifs is 2. The summed E-state index contributed by atoms with van der Waals surface area (Å²) in [5, 5.41) is 19.1. The third kappa shape index (κ3) is 5.18. The molecule has 0 saturated carbocycles. The van der Waals surface area contributed by atoms with Gasteiger partial charge in [0.15, 0.2) is 5.75 Å². The van der Waals surface area contributed by atoms with Crippen LogP contribution >= 0.6 is 0 Å². The number of hydrogen-bond acceptors (Lipinski definition) is 8. The molecule has 0 radical (unpaired) electrons. The first-order valence-electron chi connectivity index (χ1n) is 14.1. The molecule has 0 bridgehead atoms. The second-order valence-electron chi connectivity index (χ2n) is 11.0. The number of nitrogens with one attached hydrogen (secondary N) is 1. The average Bonchev–Trinajstić information content (AvgIpc) is 3.56. The molecule has 0 spiro atoms. The Morgan fingerprint density at radius 1 is 1.17 bits per heavy atom. The number of aryl methyl sites for hydroxylation is 1. The van der Waals surface area contributed by atoms with Crippen LogP contribution < -0.4 is 14.4 Å². The molecule has 0 amide bonds. The summed E-state index contributed by atoms with van der Waals surface area (Å²) < 4.78 is 40.9. The number of piperazine rings is 1. The van der Waals surface area contributed by atoms with E-state index in [-0.39, 0.29) is 25.5 Å². The van der Waals surface area contributed by atoms with Crippen molar-refractivity contribution in [2.45, 2.75) is 32.2 Å². The molecule has 4 aromatic rings. The Kier molecular flexibility index (Phi) is 7.33. The van der Waals surface area contributed by atoms with Crippen molar-refractivity contribution in [3.63, 3.8) is 0 Å². The molecule has 11 heteroatoms. The topological polar surface area (TPSA) is 93.5 Å². The number of ether oxygens (including phenoxy) is 2. The number of pyridine rings is 1. The number of aromatic nitrogens is 3. The largest absolute Gasteiger partial charge is 0.475 e. The summed E-state index contributed by atoms with van der Waals surface area (Å²) in [6.07, 6.45) is 5.50. The Balaban J connectivity index is 1.45. The highest BCUT2D eigenvalue weighted by Gasteiger charge is 2.43. The normalized spacial score (nSPS) is 19.2. The van der Waals surface area contributed by atoms with Crippen LogP contribution in [0.3, 0.4) is 0 Å². The van der Waals surface area contributed by atoms with Crippen LogP contribution in [0.15, 0.2) is 48.8 Å². The van der Waals surface area contributed by atoms with E-state index < -0.39 is 12.0 Å². The van der Waals surface area contributed by atoms with Gasteiger partial charge in [-0.3, -0.25) is 10.00 Å². The molecule has 2 aliphatic heterocycles. The van der Waals surface area contributed by atoms with Crippen molar-refractivity contribution in [2.24, 2.45) is 0 Å². The number of nitriles is 1. The maximum Gasteiger partial charge on any atom is 0.262 e. The summed E-state index contributed by atoms with van der Waals surface area (Å²) in [6.45, 7) is 6.57. The van der Waals surface area contributed by atoms with Gasteiger partial charge in [-0.2, -0.15) is 10.4 Å². The summed E-state index contributed by atoms with van der Waals surface area (Å²) in [5.74, 6) is -1.51. The smallest absolute Gasteiger partial charge is 0.262 e. The van der Waals surface area contributed by atoms with E-state index in [1.165, 1.54) is 0 Å². The molecule has 218 valence electrons. The zero-order chi connectivity index (χ0) is 29.4. The molecule has 2 saturated heterocycles. The van der Waals surface area contributed by atoms with Gasteiger partial charge in [-0.15, -0.1) is 0 Å². The molecule has 1 N–H and O–H groups in total. The van der Waals surface area contributed by atoms with Crippen LogP contribution in [-0.2, 0) is 0 Å². The SMILES string of the molecule is CC=CN1CCN(c2c(C#N)c(OC[C@@H]3CC(F)(F)CN3C)nc3c(Oc4c(C)ccc5[nH]ncc45)cccc23)CC1. The maximum atomic E-state index is 14.1. The number of likely N-dealkylation sites (tertiary alicyclic amines) is 1. The summed E-state index contributed by atoms with van der Waals surface area (Å²) in [6, 6.07) is 11.4. The van der Waals surface area contributed by atoms with Crippen LogP contribution in [0.25, 0.3) is 21.8 Å². The van der Waals surface area contributed by atoms with E-state index in [0.29, 0.717) is 41.4 Å². The molecule has 4 heterocycles. The highest BCUT2D eigenvalue weighted by Crippen LogP contribution is 2.42. The van der Waals surface area contributed by atoms with Crippen molar-refractivity contribution in [3.8, 4) is 23.4 Å². The van der Waals surface area contributed by atoms with Gasteiger partial charge in [0.05, 0.1) is 29.3 Å². The van der Waals surface area contributed by atoms with E-state index in [9.17, 15) is 14.0 Å². The van der Waals surface area contributed by atoms with Crippen LogP contribution in [0.4, 0.5) is 14.5 Å². The van der Waals surface area contributed by atoms with Gasteiger partial charge in [-0.05, 0) is 44.8 Å². The first-order valence-corrected chi connectivity index (χ1v) is 14.1. The van der Waals surface area contributed by atoms with Crippen molar-refractivity contribution < 1.29 is 18.3 Å². The zero-order valence-electron chi connectivity index (χ0n) is 23.9. The number of rotatable bonds is 7. The minimum absolute atomic E-state index is 0.00967. The van der Waals surface area contributed by atoms with E-state index in [1.54, 1.807) is 18.1 Å². The molecule has 9 nitrogen and oxygen atoms in total. The molecule has 0 unspecified atom stereocenters. The van der Waals surface area contributed by atoms with Crippen molar-refractivity contribution in [2.75, 3.05) is 51.3 Å². The number of halogens is 2. The van der Waals surface area contributed by atoms with Gasteiger partial charge in [0.2, 0.25) is 5.88 Å². The van der Waals surface area contributed by atoms with Crippen LogP contribution in [0, 0.1) is 18.3 Å². The Morgan fingerprint density at radius 2 is 1.98 bits per heavy atom. The van der Waals surface area contributed by atoms with E-state index >= 15 is 0 Å². The van der Waals surface area contributed by atoms with Gasteiger partial charge in [0.1, 0.15) is 29.5 Å². The molecular weight excluding hydrogens is 540 g/mol. The number of alkyl halides is 2. The lowest BCUT2D eigenvalue weighted by Gasteiger charge is -2.36. The molecule has 6 rings (SSSR count). The number of anilines is 1. The maximum absolute atomic E-state index is 14.1. The second-order valence-corrected chi connectivity index (χ2v) is 11.0. The van der Waals surface area contributed by atoms with E-state index in [0.717, 1.165) is 34.9 Å². The fourth-order valence-corrected chi connectivity index (χ4v) is 5.91. The quantitative estimate of drug-likeness (QED) is 0.312. The van der Waals surface area contributed by atoms with Crippen molar-refractivity contribution in [1.29, 1.82) is 5.26 Å². The van der Waals surface area contributed by atoms with Gasteiger partial charge in [-0.1, -0.05) is 24.3 Å². The number of H-pyrrole nitrogens is 1. The summed E-state index contributed by atoms with van der Waals surface area (Å²) in [7, 11) is 1.66. The first kappa shape index (κ1) is 27.7. The fraction of sp³-hybridized carbons (Fsp3) is 0.387. The Hall–Kier alpha value is -4.43. The number of hydrogen-bond donors (Lipinski definition) is 1.